The number of carboxylic acids is 1. The van der Waals surface area contributed by atoms with Gasteiger partial charge < -0.3 is 9.52 Å². The molecule has 0 aliphatic heterocycles. The number of aromatic carboxylic acids is 1. The average molecular weight is 271 g/mol. The monoisotopic (exact) mass is 270 g/mol. The number of rotatable bonds is 2. The van der Waals surface area contributed by atoms with Gasteiger partial charge in [-0.2, -0.15) is 0 Å². The van der Waals surface area contributed by atoms with Crippen LogP contribution in [0.3, 0.4) is 0 Å². The summed E-state index contributed by atoms with van der Waals surface area (Å²) < 4.78 is 5.36. The lowest BCUT2D eigenvalue weighted by atomic mass is 10.1. The van der Waals surface area contributed by atoms with Crippen molar-refractivity contribution >= 4 is 40.1 Å². The summed E-state index contributed by atoms with van der Waals surface area (Å²) >= 11 is 11.9. The number of carboxylic acid groups (broad SMARTS) is 1. The standard InChI is InChI=1S/C12H8Cl2O3/c13-7-4-3-6-8(5-1-2-5)11(12(15)16)17-10(6)9(7)14/h3-5H,1-2H2,(H,15,16). The van der Waals surface area contributed by atoms with Gasteiger partial charge in [0.25, 0.3) is 0 Å². The van der Waals surface area contributed by atoms with E-state index in [-0.39, 0.29) is 16.7 Å². The molecule has 1 aromatic carbocycles. The molecule has 1 saturated carbocycles. The zero-order chi connectivity index (χ0) is 12.2. The number of fused-ring (bicyclic) bond motifs is 1. The summed E-state index contributed by atoms with van der Waals surface area (Å²) in [6, 6.07) is 3.44. The molecule has 3 nitrogen and oxygen atoms in total. The molecule has 17 heavy (non-hydrogen) atoms. The Morgan fingerprint density at radius 2 is 2.06 bits per heavy atom. The molecule has 1 heterocycles. The fourth-order valence-corrected chi connectivity index (χ4v) is 2.41. The van der Waals surface area contributed by atoms with Gasteiger partial charge in [-0.1, -0.05) is 23.2 Å². The minimum absolute atomic E-state index is 0.00772. The summed E-state index contributed by atoms with van der Waals surface area (Å²) in [5.41, 5.74) is 1.13. The Hall–Kier alpha value is -1.19. The highest BCUT2D eigenvalue weighted by Crippen LogP contribution is 2.47. The van der Waals surface area contributed by atoms with Gasteiger partial charge in [-0.3, -0.25) is 0 Å². The molecule has 0 radical (unpaired) electrons. The Morgan fingerprint density at radius 3 is 2.65 bits per heavy atom. The van der Waals surface area contributed by atoms with Gasteiger partial charge in [-0.15, -0.1) is 0 Å². The number of benzene rings is 1. The van der Waals surface area contributed by atoms with Crippen molar-refractivity contribution < 1.29 is 14.3 Å². The minimum atomic E-state index is -1.06. The number of furan rings is 1. The fourth-order valence-electron chi connectivity index (χ4n) is 2.06. The van der Waals surface area contributed by atoms with E-state index in [1.165, 1.54) is 0 Å². The number of halogens is 2. The molecule has 3 rings (SSSR count). The van der Waals surface area contributed by atoms with Crippen molar-refractivity contribution in [3.8, 4) is 0 Å². The molecule has 2 aromatic rings. The Bertz CT molecular complexity index is 626. The topological polar surface area (TPSA) is 50.4 Å². The van der Waals surface area contributed by atoms with E-state index in [1.807, 2.05) is 0 Å². The molecule has 0 spiro atoms. The largest absolute Gasteiger partial charge is 0.475 e. The number of carbonyl (C=O) groups is 1. The molecule has 88 valence electrons. The highest BCUT2D eigenvalue weighted by Gasteiger charge is 2.34. The lowest BCUT2D eigenvalue weighted by Crippen LogP contribution is -1.97. The van der Waals surface area contributed by atoms with Gasteiger partial charge in [0, 0.05) is 10.9 Å². The van der Waals surface area contributed by atoms with Crippen LogP contribution in [0.2, 0.25) is 10.0 Å². The highest BCUT2D eigenvalue weighted by molar-refractivity contribution is 6.45. The minimum Gasteiger partial charge on any atom is -0.475 e. The highest BCUT2D eigenvalue weighted by atomic mass is 35.5. The maximum absolute atomic E-state index is 11.2. The van der Waals surface area contributed by atoms with Gasteiger partial charge in [0.05, 0.1) is 5.02 Å². The van der Waals surface area contributed by atoms with Crippen LogP contribution in [-0.2, 0) is 0 Å². The molecule has 5 heteroatoms. The maximum atomic E-state index is 11.2. The first kappa shape index (κ1) is 10.9. The Balaban J connectivity index is 2.37. The van der Waals surface area contributed by atoms with Crippen LogP contribution >= 0.6 is 23.2 Å². The van der Waals surface area contributed by atoms with Crippen molar-refractivity contribution in [1.82, 2.24) is 0 Å². The van der Waals surface area contributed by atoms with E-state index in [0.717, 1.165) is 23.8 Å². The number of hydrogen-bond donors (Lipinski definition) is 1. The van der Waals surface area contributed by atoms with Crippen LogP contribution in [0.5, 0.6) is 0 Å². The molecule has 0 saturated heterocycles. The Morgan fingerprint density at radius 1 is 1.35 bits per heavy atom. The predicted octanol–water partition coefficient (Wildman–Crippen LogP) is 4.32. The summed E-state index contributed by atoms with van der Waals surface area (Å²) in [6.45, 7) is 0. The zero-order valence-electron chi connectivity index (χ0n) is 8.67. The van der Waals surface area contributed by atoms with Crippen LogP contribution < -0.4 is 0 Å². The lowest BCUT2D eigenvalue weighted by molar-refractivity contribution is 0.0663. The van der Waals surface area contributed by atoms with E-state index < -0.39 is 5.97 Å². The molecule has 0 bridgehead atoms. The lowest BCUT2D eigenvalue weighted by Gasteiger charge is -1.97. The van der Waals surface area contributed by atoms with Crippen molar-refractivity contribution in [3.63, 3.8) is 0 Å². The molecule has 1 fully saturated rings. The van der Waals surface area contributed by atoms with Crippen molar-refractivity contribution in [2.75, 3.05) is 0 Å². The summed E-state index contributed by atoms with van der Waals surface area (Å²) in [4.78, 5) is 11.2. The zero-order valence-corrected chi connectivity index (χ0v) is 10.2. The molecule has 0 atom stereocenters. The molecule has 1 aliphatic rings. The third-order valence-electron chi connectivity index (χ3n) is 2.97. The van der Waals surface area contributed by atoms with Crippen molar-refractivity contribution in [2.45, 2.75) is 18.8 Å². The van der Waals surface area contributed by atoms with Gasteiger partial charge in [-0.05, 0) is 30.9 Å². The van der Waals surface area contributed by atoms with E-state index in [1.54, 1.807) is 12.1 Å². The van der Waals surface area contributed by atoms with Crippen molar-refractivity contribution in [3.05, 3.63) is 33.5 Å². The second kappa shape index (κ2) is 3.65. The third kappa shape index (κ3) is 1.61. The van der Waals surface area contributed by atoms with Crippen LogP contribution in [-0.4, -0.2) is 11.1 Å². The molecule has 1 N–H and O–H groups in total. The Kier molecular flexibility index (Phi) is 2.35. The quantitative estimate of drug-likeness (QED) is 0.885. The van der Waals surface area contributed by atoms with E-state index in [9.17, 15) is 4.79 Å². The summed E-state index contributed by atoms with van der Waals surface area (Å²) in [5, 5.41) is 10.5. The van der Waals surface area contributed by atoms with Gasteiger partial charge in [0.1, 0.15) is 5.02 Å². The van der Waals surface area contributed by atoms with E-state index in [0.29, 0.717) is 10.6 Å². The van der Waals surface area contributed by atoms with Gasteiger partial charge in [-0.25, -0.2) is 4.79 Å². The molecule has 0 amide bonds. The normalized spacial score (nSPS) is 15.4. The van der Waals surface area contributed by atoms with Crippen LogP contribution in [0, 0.1) is 0 Å². The number of hydrogen-bond acceptors (Lipinski definition) is 2. The smallest absolute Gasteiger partial charge is 0.372 e. The second-order valence-corrected chi connectivity index (χ2v) is 4.95. The predicted molar refractivity (Wildman–Crippen MR) is 65.2 cm³/mol. The van der Waals surface area contributed by atoms with Crippen molar-refractivity contribution in [1.29, 1.82) is 0 Å². The first-order valence-electron chi connectivity index (χ1n) is 5.23. The second-order valence-electron chi connectivity index (χ2n) is 4.16. The SMILES string of the molecule is O=C(O)c1oc2c(Cl)c(Cl)ccc2c1C1CC1. The maximum Gasteiger partial charge on any atom is 0.372 e. The van der Waals surface area contributed by atoms with Crippen LogP contribution in [0.1, 0.15) is 34.9 Å². The van der Waals surface area contributed by atoms with Crippen LogP contribution in [0.4, 0.5) is 0 Å². The Labute approximate surface area is 107 Å². The summed E-state index contributed by atoms with van der Waals surface area (Å²) in [7, 11) is 0. The molecular formula is C12H8Cl2O3. The summed E-state index contributed by atoms with van der Waals surface area (Å²) in [6.07, 6.45) is 1.99. The first-order chi connectivity index (χ1) is 8.09. The van der Waals surface area contributed by atoms with Crippen LogP contribution in [0.25, 0.3) is 11.0 Å². The van der Waals surface area contributed by atoms with Gasteiger partial charge in [0.15, 0.2) is 5.58 Å². The average Bonchev–Trinajstić information content (AvgIpc) is 3.04. The van der Waals surface area contributed by atoms with Crippen molar-refractivity contribution in [2.24, 2.45) is 0 Å². The first-order valence-corrected chi connectivity index (χ1v) is 5.99. The van der Waals surface area contributed by atoms with Gasteiger partial charge in [0.2, 0.25) is 5.76 Å². The summed E-state index contributed by atoms with van der Waals surface area (Å²) in [5.74, 6) is -0.790. The van der Waals surface area contributed by atoms with Crippen LogP contribution in [0.15, 0.2) is 16.5 Å². The molecule has 1 aromatic heterocycles. The van der Waals surface area contributed by atoms with E-state index in [2.05, 4.69) is 0 Å². The van der Waals surface area contributed by atoms with E-state index in [4.69, 9.17) is 32.7 Å². The molecule has 0 unspecified atom stereocenters. The molecule has 1 aliphatic carbocycles. The van der Waals surface area contributed by atoms with E-state index >= 15 is 0 Å². The third-order valence-corrected chi connectivity index (χ3v) is 3.76. The van der Waals surface area contributed by atoms with Gasteiger partial charge >= 0.3 is 5.97 Å². The molecular weight excluding hydrogens is 263 g/mol. The fraction of sp³-hybridized carbons (Fsp3) is 0.250.